The smallest absolute Gasteiger partial charge is 0.319 e. The van der Waals surface area contributed by atoms with Gasteiger partial charge in [-0.05, 0) is 49.8 Å². The van der Waals surface area contributed by atoms with E-state index in [0.717, 1.165) is 30.1 Å². The van der Waals surface area contributed by atoms with Crippen molar-refractivity contribution in [2.24, 2.45) is 0 Å². The number of thioether (sulfide) groups is 1. The number of aromatic nitrogens is 3. The van der Waals surface area contributed by atoms with Crippen molar-refractivity contribution in [3.05, 3.63) is 36.4 Å². The number of carbonyl (C=O) groups is 1. The molecule has 1 unspecified atom stereocenters. The van der Waals surface area contributed by atoms with Crippen LogP contribution in [0.2, 0.25) is 0 Å². The summed E-state index contributed by atoms with van der Waals surface area (Å²) in [6, 6.07) is 7.91. The lowest BCUT2D eigenvalue weighted by molar-refractivity contribution is 0.248. The lowest BCUT2D eigenvalue weighted by Crippen LogP contribution is -2.32. The maximum atomic E-state index is 12.3. The predicted molar refractivity (Wildman–Crippen MR) is 101 cm³/mol. The molecule has 134 valence electrons. The number of nitrogens with zero attached hydrogens (tertiary/aromatic N) is 3. The van der Waals surface area contributed by atoms with E-state index in [-0.39, 0.29) is 12.1 Å². The summed E-state index contributed by atoms with van der Waals surface area (Å²) in [6.45, 7) is 4.06. The van der Waals surface area contributed by atoms with Crippen LogP contribution < -0.4 is 10.6 Å². The van der Waals surface area contributed by atoms with E-state index < -0.39 is 0 Å². The molecule has 1 atom stereocenters. The minimum Gasteiger partial charge on any atom is -0.328 e. The van der Waals surface area contributed by atoms with Crippen LogP contribution in [0.15, 0.2) is 35.5 Å². The minimum atomic E-state index is -0.232. The number of benzene rings is 1. The van der Waals surface area contributed by atoms with Gasteiger partial charge in [-0.3, -0.25) is 0 Å². The van der Waals surface area contributed by atoms with Crippen LogP contribution in [0.3, 0.4) is 0 Å². The highest BCUT2D eigenvalue weighted by atomic mass is 32.2. The van der Waals surface area contributed by atoms with E-state index in [0.29, 0.717) is 6.04 Å². The van der Waals surface area contributed by atoms with E-state index in [1.165, 1.54) is 17.7 Å². The molecule has 7 heteroatoms. The molecule has 0 aliphatic heterocycles. The van der Waals surface area contributed by atoms with Gasteiger partial charge < -0.3 is 15.2 Å². The predicted octanol–water partition coefficient (Wildman–Crippen LogP) is 4.39. The van der Waals surface area contributed by atoms with Crippen LogP contribution in [0.1, 0.15) is 57.4 Å². The van der Waals surface area contributed by atoms with E-state index in [9.17, 15) is 4.79 Å². The number of hydrogen-bond donors (Lipinski definition) is 2. The van der Waals surface area contributed by atoms with Crippen molar-refractivity contribution in [2.45, 2.75) is 56.5 Å². The summed E-state index contributed by atoms with van der Waals surface area (Å²) in [6.07, 6.45) is 6.59. The van der Waals surface area contributed by atoms with Crippen molar-refractivity contribution in [2.75, 3.05) is 11.1 Å². The van der Waals surface area contributed by atoms with Gasteiger partial charge in [0.25, 0.3) is 0 Å². The molecule has 0 saturated heterocycles. The maximum Gasteiger partial charge on any atom is 0.319 e. The van der Waals surface area contributed by atoms with Gasteiger partial charge >= 0.3 is 6.03 Å². The van der Waals surface area contributed by atoms with Crippen molar-refractivity contribution < 1.29 is 4.79 Å². The van der Waals surface area contributed by atoms with Gasteiger partial charge in [0, 0.05) is 16.6 Å². The van der Waals surface area contributed by atoms with E-state index in [1.807, 2.05) is 31.2 Å². The van der Waals surface area contributed by atoms with Crippen molar-refractivity contribution in [3.63, 3.8) is 0 Å². The third-order valence-corrected chi connectivity index (χ3v) is 5.37. The highest BCUT2D eigenvalue weighted by molar-refractivity contribution is 7.99. The normalized spacial score (nSPS) is 15.9. The molecule has 2 aromatic rings. The number of amides is 2. The monoisotopic (exact) mass is 359 g/mol. The Kier molecular flexibility index (Phi) is 5.96. The number of urea groups is 1. The Balaban J connectivity index is 1.58. The average molecular weight is 359 g/mol. The third-order valence-electron chi connectivity index (χ3n) is 4.48. The molecule has 1 fully saturated rings. The first kappa shape index (κ1) is 17.8. The molecular formula is C18H25N5OS. The summed E-state index contributed by atoms with van der Waals surface area (Å²) in [4.78, 5) is 13.5. The Hall–Kier alpha value is -2.02. The van der Waals surface area contributed by atoms with E-state index >= 15 is 0 Å². The molecule has 1 aromatic carbocycles. The van der Waals surface area contributed by atoms with Crippen LogP contribution in [0.5, 0.6) is 0 Å². The number of nitrogens with one attached hydrogen (secondary N) is 2. The Morgan fingerprint density at radius 2 is 2.04 bits per heavy atom. The average Bonchev–Trinajstić information content (AvgIpc) is 3.28. The highest BCUT2D eigenvalue weighted by Crippen LogP contribution is 2.31. The highest BCUT2D eigenvalue weighted by Gasteiger charge is 2.23. The Morgan fingerprint density at radius 1 is 1.32 bits per heavy atom. The second kappa shape index (κ2) is 8.38. The second-order valence-electron chi connectivity index (χ2n) is 6.31. The molecule has 2 N–H and O–H groups in total. The number of hydrogen-bond acceptors (Lipinski definition) is 4. The Bertz CT molecular complexity index is 694. The van der Waals surface area contributed by atoms with Crippen LogP contribution in [-0.4, -0.2) is 26.5 Å². The van der Waals surface area contributed by atoms with Crippen LogP contribution in [-0.2, 0) is 0 Å². The van der Waals surface area contributed by atoms with Gasteiger partial charge in [0.15, 0.2) is 5.82 Å². The van der Waals surface area contributed by atoms with Gasteiger partial charge in [0.1, 0.15) is 6.33 Å². The molecule has 0 radical (unpaired) electrons. The van der Waals surface area contributed by atoms with Crippen LogP contribution in [0, 0.1) is 0 Å². The van der Waals surface area contributed by atoms with Crippen molar-refractivity contribution in [1.29, 1.82) is 0 Å². The first-order valence-electron chi connectivity index (χ1n) is 8.87. The topological polar surface area (TPSA) is 71.8 Å². The fourth-order valence-corrected chi connectivity index (χ4v) is 3.92. The molecule has 1 aliphatic rings. The van der Waals surface area contributed by atoms with E-state index in [2.05, 4.69) is 32.3 Å². The maximum absolute atomic E-state index is 12.3. The van der Waals surface area contributed by atoms with Gasteiger partial charge in [-0.25, -0.2) is 4.79 Å². The van der Waals surface area contributed by atoms with Crippen LogP contribution >= 0.6 is 11.8 Å². The fraction of sp³-hybridized carbons (Fsp3) is 0.500. The molecule has 1 heterocycles. The standard InChI is InChI=1S/C18H25N5OS/c1-3-25-16-10-8-14(9-11-16)21-18(24)20-13(2)17-22-19-12-23(17)15-6-4-5-7-15/h8-13,15H,3-7H2,1-2H3,(H2,20,21,24). The molecule has 1 saturated carbocycles. The summed E-state index contributed by atoms with van der Waals surface area (Å²) in [5.41, 5.74) is 0.780. The minimum absolute atomic E-state index is 0.196. The zero-order chi connectivity index (χ0) is 17.6. The first-order valence-corrected chi connectivity index (χ1v) is 9.85. The first-order chi connectivity index (χ1) is 12.2. The lowest BCUT2D eigenvalue weighted by Gasteiger charge is -2.19. The molecule has 0 spiro atoms. The summed E-state index contributed by atoms with van der Waals surface area (Å²) in [5.74, 6) is 1.85. The van der Waals surface area contributed by atoms with Crippen molar-refractivity contribution in [1.82, 2.24) is 20.1 Å². The van der Waals surface area contributed by atoms with E-state index in [1.54, 1.807) is 18.1 Å². The molecule has 0 bridgehead atoms. The summed E-state index contributed by atoms with van der Waals surface area (Å²) < 4.78 is 2.12. The van der Waals surface area contributed by atoms with Gasteiger partial charge in [-0.1, -0.05) is 19.8 Å². The molecule has 25 heavy (non-hydrogen) atoms. The fourth-order valence-electron chi connectivity index (χ4n) is 3.25. The number of rotatable bonds is 6. The third kappa shape index (κ3) is 4.54. The van der Waals surface area contributed by atoms with Gasteiger partial charge in [-0.15, -0.1) is 22.0 Å². The quantitative estimate of drug-likeness (QED) is 0.751. The zero-order valence-electron chi connectivity index (χ0n) is 14.7. The molecular weight excluding hydrogens is 334 g/mol. The Morgan fingerprint density at radius 3 is 2.72 bits per heavy atom. The Labute approximate surface area is 152 Å². The van der Waals surface area contributed by atoms with Gasteiger partial charge in [0.2, 0.25) is 0 Å². The number of carbonyl (C=O) groups excluding carboxylic acids is 1. The molecule has 3 rings (SSSR count). The van der Waals surface area contributed by atoms with Gasteiger partial charge in [0.05, 0.1) is 6.04 Å². The second-order valence-corrected chi connectivity index (χ2v) is 7.65. The van der Waals surface area contributed by atoms with Gasteiger partial charge in [-0.2, -0.15) is 0 Å². The molecule has 2 amide bonds. The summed E-state index contributed by atoms with van der Waals surface area (Å²) in [5, 5.41) is 14.1. The van der Waals surface area contributed by atoms with Crippen LogP contribution in [0.4, 0.5) is 10.5 Å². The van der Waals surface area contributed by atoms with Crippen LogP contribution in [0.25, 0.3) is 0 Å². The largest absolute Gasteiger partial charge is 0.328 e. The molecule has 1 aliphatic carbocycles. The van der Waals surface area contributed by atoms with Crippen molar-refractivity contribution >= 4 is 23.5 Å². The lowest BCUT2D eigenvalue weighted by atomic mass is 10.2. The van der Waals surface area contributed by atoms with E-state index in [4.69, 9.17) is 0 Å². The summed E-state index contributed by atoms with van der Waals surface area (Å²) in [7, 11) is 0. The number of anilines is 1. The molecule has 1 aromatic heterocycles. The molecule has 6 nitrogen and oxygen atoms in total. The van der Waals surface area contributed by atoms with Crippen molar-refractivity contribution in [3.8, 4) is 0 Å². The SMILES string of the molecule is CCSc1ccc(NC(=O)NC(C)c2nncn2C2CCCC2)cc1. The zero-order valence-corrected chi connectivity index (χ0v) is 15.6. The summed E-state index contributed by atoms with van der Waals surface area (Å²) >= 11 is 1.78.